The molecule has 0 aliphatic heterocycles. The van der Waals surface area contributed by atoms with E-state index in [9.17, 15) is 4.79 Å². The largest absolute Gasteiger partial charge is 0.291 e. The predicted molar refractivity (Wildman–Crippen MR) is 71.1 cm³/mol. The molecule has 0 rings (SSSR count). The highest BCUT2D eigenvalue weighted by Crippen LogP contribution is 2.09. The molecule has 0 bridgehead atoms. The van der Waals surface area contributed by atoms with Crippen LogP contribution in [0.25, 0.3) is 0 Å². The van der Waals surface area contributed by atoms with Crippen LogP contribution in [0, 0.1) is 11.8 Å². The summed E-state index contributed by atoms with van der Waals surface area (Å²) in [5.74, 6) is 0.885. The number of hydrogen-bond donors (Lipinski definition) is 0. The second-order valence-corrected chi connectivity index (χ2v) is 4.54. The summed E-state index contributed by atoms with van der Waals surface area (Å²) >= 11 is 0. The summed E-state index contributed by atoms with van der Waals surface area (Å²) in [5, 5.41) is 0. The van der Waals surface area contributed by atoms with Crippen molar-refractivity contribution in [2.24, 2.45) is 11.8 Å². The van der Waals surface area contributed by atoms with E-state index in [1.54, 1.807) is 0 Å². The Labute approximate surface area is 101 Å². The van der Waals surface area contributed by atoms with Crippen LogP contribution in [0.3, 0.4) is 0 Å². The zero-order chi connectivity index (χ0) is 12.2. The van der Waals surface area contributed by atoms with Crippen molar-refractivity contribution in [3.05, 3.63) is 24.3 Å². The molecule has 0 fully saturated rings. The summed E-state index contributed by atoms with van der Waals surface area (Å²) in [6, 6.07) is 0. The number of carbonyl (C=O) groups excluding carboxylic acids is 1. The van der Waals surface area contributed by atoms with Crippen LogP contribution in [0.5, 0.6) is 0 Å². The maximum Gasteiger partial charge on any atom is 0.198 e. The fourth-order valence-corrected chi connectivity index (χ4v) is 1.41. The highest BCUT2D eigenvalue weighted by molar-refractivity contribution is 5.51. The van der Waals surface area contributed by atoms with E-state index in [2.05, 4.69) is 38.2 Å². The lowest BCUT2D eigenvalue weighted by Gasteiger charge is -2.03. The lowest BCUT2D eigenvalue weighted by atomic mass is 10.0. The van der Waals surface area contributed by atoms with Gasteiger partial charge in [-0.05, 0) is 24.7 Å². The molecule has 91 valence electrons. The van der Waals surface area contributed by atoms with E-state index >= 15 is 0 Å². The molecule has 0 aromatic heterocycles. The van der Waals surface area contributed by atoms with E-state index in [-0.39, 0.29) is 0 Å². The maximum absolute atomic E-state index is 10.2. The Morgan fingerprint density at radius 2 is 1.81 bits per heavy atom. The summed E-state index contributed by atoms with van der Waals surface area (Å²) in [4.78, 5) is 10.2. The van der Waals surface area contributed by atoms with Gasteiger partial charge in [0.15, 0.2) is 6.29 Å². The zero-order valence-corrected chi connectivity index (χ0v) is 10.9. The molecule has 0 aromatic carbocycles. The molecule has 1 radical (unpaired) electrons. The van der Waals surface area contributed by atoms with Crippen molar-refractivity contribution in [2.45, 2.75) is 52.9 Å². The minimum absolute atomic E-state index is 0.323. The molecule has 1 nitrogen and oxygen atoms in total. The summed E-state index contributed by atoms with van der Waals surface area (Å²) in [6.07, 6.45) is 16.2. The Kier molecular flexibility index (Phi) is 10.1. The van der Waals surface area contributed by atoms with Gasteiger partial charge in [-0.3, -0.25) is 4.79 Å². The van der Waals surface area contributed by atoms with Crippen LogP contribution < -0.4 is 0 Å². The molecule has 0 aromatic rings. The standard InChI is InChI=1S/C15H25O/c1-4-5-6-7-8-9-14(2)10-11-15(3)12-13-16/h7-8,10-11,14-15H,4-6,9,12H2,1-3H3. The monoisotopic (exact) mass is 221 g/mol. The first-order chi connectivity index (χ1) is 7.70. The predicted octanol–water partition coefficient (Wildman–Crippen LogP) is 4.45. The van der Waals surface area contributed by atoms with Gasteiger partial charge in [-0.1, -0.05) is 57.9 Å². The van der Waals surface area contributed by atoms with Crippen molar-refractivity contribution in [1.29, 1.82) is 0 Å². The van der Waals surface area contributed by atoms with E-state index in [0.717, 1.165) is 6.42 Å². The number of allylic oxidation sites excluding steroid dienone is 4. The summed E-state index contributed by atoms with van der Waals surface area (Å²) in [6.45, 7) is 6.47. The minimum atomic E-state index is 0.323. The van der Waals surface area contributed by atoms with Crippen molar-refractivity contribution in [2.75, 3.05) is 0 Å². The molecule has 0 amide bonds. The molecule has 0 saturated carbocycles. The van der Waals surface area contributed by atoms with Gasteiger partial charge in [-0.25, -0.2) is 0 Å². The summed E-state index contributed by atoms with van der Waals surface area (Å²) in [5.41, 5.74) is 0. The SMILES string of the molecule is CCCCC=CCC(C)C=CC(C)C[C]=O. The molecule has 1 heteroatoms. The quantitative estimate of drug-likeness (QED) is 0.415. The van der Waals surface area contributed by atoms with Gasteiger partial charge >= 0.3 is 0 Å². The van der Waals surface area contributed by atoms with Crippen LogP contribution >= 0.6 is 0 Å². The van der Waals surface area contributed by atoms with Crippen LogP contribution in [0.15, 0.2) is 24.3 Å². The van der Waals surface area contributed by atoms with Gasteiger partial charge in [-0.2, -0.15) is 0 Å². The van der Waals surface area contributed by atoms with E-state index < -0.39 is 0 Å². The van der Waals surface area contributed by atoms with E-state index in [0.29, 0.717) is 18.3 Å². The van der Waals surface area contributed by atoms with Crippen molar-refractivity contribution in [3.63, 3.8) is 0 Å². The van der Waals surface area contributed by atoms with Gasteiger partial charge in [-0.15, -0.1) is 0 Å². The molecular formula is C15H25O. The average Bonchev–Trinajstić information content (AvgIpc) is 2.26. The van der Waals surface area contributed by atoms with Crippen molar-refractivity contribution in [1.82, 2.24) is 0 Å². The van der Waals surface area contributed by atoms with Crippen molar-refractivity contribution >= 4 is 6.29 Å². The third-order valence-corrected chi connectivity index (χ3v) is 2.57. The van der Waals surface area contributed by atoms with Crippen LogP contribution in [0.2, 0.25) is 0 Å². The Balaban J connectivity index is 3.67. The fourth-order valence-electron chi connectivity index (χ4n) is 1.41. The highest BCUT2D eigenvalue weighted by atomic mass is 16.1. The summed E-state index contributed by atoms with van der Waals surface area (Å²) in [7, 11) is 0. The maximum atomic E-state index is 10.2. The third-order valence-electron chi connectivity index (χ3n) is 2.57. The normalized spacial score (nSPS) is 15.7. The highest BCUT2D eigenvalue weighted by Gasteiger charge is 1.97. The first-order valence-corrected chi connectivity index (χ1v) is 6.39. The van der Waals surface area contributed by atoms with Crippen molar-refractivity contribution < 1.29 is 4.79 Å². The Morgan fingerprint density at radius 1 is 1.12 bits per heavy atom. The Bertz CT molecular complexity index is 215. The van der Waals surface area contributed by atoms with Gasteiger partial charge in [0.25, 0.3) is 0 Å². The molecule has 2 atom stereocenters. The second-order valence-electron chi connectivity index (χ2n) is 4.54. The molecule has 0 aliphatic rings. The number of rotatable bonds is 9. The van der Waals surface area contributed by atoms with Crippen LogP contribution in [0.4, 0.5) is 0 Å². The van der Waals surface area contributed by atoms with Gasteiger partial charge < -0.3 is 0 Å². The molecule has 0 N–H and O–H groups in total. The lowest BCUT2D eigenvalue weighted by molar-refractivity contribution is 0.541. The second kappa shape index (κ2) is 10.7. The molecule has 0 saturated heterocycles. The van der Waals surface area contributed by atoms with Gasteiger partial charge in [0, 0.05) is 6.42 Å². The molecule has 0 aliphatic carbocycles. The Hall–Kier alpha value is -0.850. The van der Waals surface area contributed by atoms with Crippen LogP contribution in [-0.2, 0) is 4.79 Å². The first kappa shape index (κ1) is 15.2. The number of unbranched alkanes of at least 4 members (excludes halogenated alkanes) is 2. The van der Waals surface area contributed by atoms with Gasteiger partial charge in [0.05, 0.1) is 0 Å². The topological polar surface area (TPSA) is 17.1 Å². The molecule has 0 heterocycles. The molecule has 0 spiro atoms. The molecule has 16 heavy (non-hydrogen) atoms. The average molecular weight is 221 g/mol. The van der Waals surface area contributed by atoms with Crippen LogP contribution in [0.1, 0.15) is 52.9 Å². The smallest absolute Gasteiger partial charge is 0.198 e. The summed E-state index contributed by atoms with van der Waals surface area (Å²) < 4.78 is 0. The zero-order valence-electron chi connectivity index (χ0n) is 10.9. The molecule has 2 unspecified atom stereocenters. The van der Waals surface area contributed by atoms with E-state index in [1.165, 1.54) is 19.3 Å². The van der Waals surface area contributed by atoms with Gasteiger partial charge in [0.2, 0.25) is 0 Å². The Morgan fingerprint density at radius 3 is 2.44 bits per heavy atom. The molecular weight excluding hydrogens is 196 g/mol. The number of hydrogen-bond acceptors (Lipinski definition) is 1. The first-order valence-electron chi connectivity index (χ1n) is 6.39. The minimum Gasteiger partial charge on any atom is -0.291 e. The van der Waals surface area contributed by atoms with E-state index in [4.69, 9.17) is 0 Å². The van der Waals surface area contributed by atoms with Gasteiger partial charge in [0.1, 0.15) is 0 Å². The van der Waals surface area contributed by atoms with Crippen molar-refractivity contribution in [3.8, 4) is 0 Å². The van der Waals surface area contributed by atoms with Crippen LogP contribution in [-0.4, -0.2) is 6.29 Å². The lowest BCUT2D eigenvalue weighted by Crippen LogP contribution is -1.92. The van der Waals surface area contributed by atoms with E-state index in [1.807, 2.05) is 13.2 Å². The third kappa shape index (κ3) is 9.70. The fraction of sp³-hybridized carbons (Fsp3) is 0.667.